The van der Waals surface area contributed by atoms with Crippen LogP contribution in [0.2, 0.25) is 0 Å². The first-order valence-electron chi connectivity index (χ1n) is 9.11. The van der Waals surface area contributed by atoms with Crippen LogP contribution in [0.15, 0.2) is 72.8 Å². The monoisotopic (exact) mass is 394 g/mol. The van der Waals surface area contributed by atoms with E-state index in [9.17, 15) is 23.1 Å². The Morgan fingerprint density at radius 3 is 1.97 bits per heavy atom. The molecule has 29 heavy (non-hydrogen) atoms. The second kappa shape index (κ2) is 7.01. The predicted molar refractivity (Wildman–Crippen MR) is 104 cm³/mol. The zero-order valence-electron chi connectivity index (χ0n) is 15.5. The SMILES string of the molecule is C[C@@H]1C(=O)C(c2ccc(F)cc2)=C(c2cc(F)cc(F)c2)[C@@]1(O)c1ccccc1. The van der Waals surface area contributed by atoms with Crippen molar-refractivity contribution in [2.45, 2.75) is 12.5 Å². The van der Waals surface area contributed by atoms with Gasteiger partial charge >= 0.3 is 0 Å². The summed E-state index contributed by atoms with van der Waals surface area (Å²) in [5.41, 5.74) is -0.721. The van der Waals surface area contributed by atoms with Crippen LogP contribution in [0.5, 0.6) is 0 Å². The van der Waals surface area contributed by atoms with Gasteiger partial charge in [-0.05, 0) is 41.0 Å². The van der Waals surface area contributed by atoms with Gasteiger partial charge in [0.05, 0.1) is 5.92 Å². The maximum absolute atomic E-state index is 14.0. The van der Waals surface area contributed by atoms with Gasteiger partial charge in [-0.25, -0.2) is 13.2 Å². The molecule has 2 atom stereocenters. The van der Waals surface area contributed by atoms with Crippen molar-refractivity contribution < 1.29 is 23.1 Å². The van der Waals surface area contributed by atoms with Crippen LogP contribution in [-0.4, -0.2) is 10.9 Å². The van der Waals surface area contributed by atoms with Crippen molar-refractivity contribution in [3.05, 3.63) is 107 Å². The highest BCUT2D eigenvalue weighted by molar-refractivity contribution is 6.33. The van der Waals surface area contributed by atoms with E-state index < -0.39 is 29.0 Å². The molecule has 0 amide bonds. The minimum Gasteiger partial charge on any atom is -0.380 e. The Morgan fingerprint density at radius 2 is 1.38 bits per heavy atom. The van der Waals surface area contributed by atoms with E-state index in [1.165, 1.54) is 24.3 Å². The number of aliphatic hydroxyl groups is 1. The van der Waals surface area contributed by atoms with Crippen LogP contribution in [0.3, 0.4) is 0 Å². The van der Waals surface area contributed by atoms with Crippen molar-refractivity contribution in [1.82, 2.24) is 0 Å². The summed E-state index contributed by atoms with van der Waals surface area (Å²) < 4.78 is 41.5. The smallest absolute Gasteiger partial charge is 0.170 e. The first-order valence-corrected chi connectivity index (χ1v) is 9.11. The van der Waals surface area contributed by atoms with Crippen molar-refractivity contribution >= 4 is 16.9 Å². The Kier molecular flexibility index (Phi) is 4.63. The molecule has 0 saturated heterocycles. The van der Waals surface area contributed by atoms with Crippen molar-refractivity contribution in [2.75, 3.05) is 0 Å². The predicted octanol–water partition coefficient (Wildman–Crippen LogP) is 5.12. The molecule has 0 bridgehead atoms. The number of hydrogen-bond donors (Lipinski definition) is 1. The van der Waals surface area contributed by atoms with Gasteiger partial charge in [-0.3, -0.25) is 4.79 Å². The number of carbonyl (C=O) groups excluding carboxylic acids is 1. The molecular weight excluding hydrogens is 377 g/mol. The van der Waals surface area contributed by atoms with Gasteiger partial charge in [0.2, 0.25) is 0 Å². The third-order valence-electron chi connectivity index (χ3n) is 5.40. The van der Waals surface area contributed by atoms with Crippen LogP contribution in [-0.2, 0) is 10.4 Å². The molecule has 0 saturated carbocycles. The van der Waals surface area contributed by atoms with E-state index in [1.54, 1.807) is 37.3 Å². The Bertz CT molecular complexity index is 1100. The molecule has 2 nitrogen and oxygen atoms in total. The normalized spacial score (nSPS) is 21.7. The Labute approximate surface area is 165 Å². The van der Waals surface area contributed by atoms with Crippen LogP contribution < -0.4 is 0 Å². The number of carbonyl (C=O) groups is 1. The molecule has 0 aliphatic heterocycles. The molecule has 3 aromatic rings. The maximum Gasteiger partial charge on any atom is 0.170 e. The van der Waals surface area contributed by atoms with Crippen LogP contribution >= 0.6 is 0 Å². The average molecular weight is 394 g/mol. The zero-order chi connectivity index (χ0) is 20.8. The maximum atomic E-state index is 14.0. The van der Waals surface area contributed by atoms with Gasteiger partial charge in [-0.2, -0.15) is 0 Å². The molecule has 0 unspecified atom stereocenters. The number of rotatable bonds is 3. The summed E-state index contributed by atoms with van der Waals surface area (Å²) in [7, 11) is 0. The molecule has 1 aliphatic rings. The largest absolute Gasteiger partial charge is 0.380 e. The molecule has 1 N–H and O–H groups in total. The molecule has 0 radical (unpaired) electrons. The highest BCUT2D eigenvalue weighted by atomic mass is 19.1. The van der Waals surface area contributed by atoms with Gasteiger partial charge < -0.3 is 5.11 Å². The standard InChI is InChI=1S/C24H17F3O2/c1-14-23(28)21(15-7-9-18(25)10-8-15)22(16-11-19(26)13-20(27)12-16)24(14,29)17-5-3-2-4-6-17/h2-14,29H,1H3/t14-,24+/m1/s1. The summed E-state index contributed by atoms with van der Waals surface area (Å²) in [4.78, 5) is 13.2. The third-order valence-corrected chi connectivity index (χ3v) is 5.40. The quantitative estimate of drug-likeness (QED) is 0.669. The van der Waals surface area contributed by atoms with Crippen LogP contribution in [0.25, 0.3) is 11.1 Å². The summed E-state index contributed by atoms with van der Waals surface area (Å²) in [6, 6.07) is 16.6. The zero-order valence-corrected chi connectivity index (χ0v) is 15.5. The summed E-state index contributed by atoms with van der Waals surface area (Å²) in [5.74, 6) is -3.43. The second-order valence-electron chi connectivity index (χ2n) is 7.13. The highest BCUT2D eigenvalue weighted by Gasteiger charge is 2.52. The summed E-state index contributed by atoms with van der Waals surface area (Å²) in [6.45, 7) is 1.57. The molecule has 146 valence electrons. The van der Waals surface area contributed by atoms with Crippen LogP contribution in [0, 0.1) is 23.4 Å². The Hall–Kier alpha value is -3.18. The lowest BCUT2D eigenvalue weighted by Gasteiger charge is -2.31. The van der Waals surface area contributed by atoms with Crippen LogP contribution in [0.1, 0.15) is 23.6 Å². The minimum atomic E-state index is -1.80. The first kappa shape index (κ1) is 19.2. The van der Waals surface area contributed by atoms with E-state index in [2.05, 4.69) is 0 Å². The second-order valence-corrected chi connectivity index (χ2v) is 7.13. The summed E-state index contributed by atoms with van der Waals surface area (Å²) >= 11 is 0. The van der Waals surface area contributed by atoms with Crippen molar-refractivity contribution in [1.29, 1.82) is 0 Å². The molecule has 3 aromatic carbocycles. The average Bonchev–Trinajstić information content (AvgIpc) is 2.91. The van der Waals surface area contributed by atoms with Gasteiger partial charge in [0.1, 0.15) is 23.1 Å². The van der Waals surface area contributed by atoms with Gasteiger partial charge in [0.15, 0.2) is 5.78 Å². The number of Topliss-reactive ketones (excluding diaryl/α,β-unsaturated/α-hetero) is 1. The Morgan fingerprint density at radius 1 is 0.793 bits per heavy atom. The summed E-state index contributed by atoms with van der Waals surface area (Å²) in [5, 5.41) is 11.8. The molecule has 5 heteroatoms. The van der Waals surface area contributed by atoms with Crippen molar-refractivity contribution in [2.24, 2.45) is 5.92 Å². The van der Waals surface area contributed by atoms with E-state index >= 15 is 0 Å². The fourth-order valence-electron chi connectivity index (χ4n) is 3.99. The molecule has 0 heterocycles. The number of hydrogen-bond acceptors (Lipinski definition) is 2. The number of allylic oxidation sites excluding steroid dienone is 1. The summed E-state index contributed by atoms with van der Waals surface area (Å²) in [6.07, 6.45) is 0. The molecule has 0 spiro atoms. The minimum absolute atomic E-state index is 0.0610. The lowest BCUT2D eigenvalue weighted by atomic mass is 9.78. The molecule has 0 fully saturated rings. The number of ketones is 1. The van der Waals surface area contributed by atoms with Crippen LogP contribution in [0.4, 0.5) is 13.2 Å². The van der Waals surface area contributed by atoms with E-state index in [1.807, 2.05) is 0 Å². The first-order chi connectivity index (χ1) is 13.8. The number of halogens is 3. The van der Waals surface area contributed by atoms with Gasteiger partial charge in [0.25, 0.3) is 0 Å². The van der Waals surface area contributed by atoms with E-state index in [4.69, 9.17) is 0 Å². The number of benzene rings is 3. The lowest BCUT2D eigenvalue weighted by Crippen LogP contribution is -2.33. The van der Waals surface area contributed by atoms with E-state index in [-0.39, 0.29) is 22.5 Å². The topological polar surface area (TPSA) is 37.3 Å². The van der Waals surface area contributed by atoms with Crippen molar-refractivity contribution in [3.8, 4) is 0 Å². The molecule has 4 rings (SSSR count). The highest BCUT2D eigenvalue weighted by Crippen LogP contribution is 2.53. The van der Waals surface area contributed by atoms with E-state index in [0.717, 1.165) is 18.2 Å². The Balaban J connectivity index is 2.08. The lowest BCUT2D eigenvalue weighted by molar-refractivity contribution is -0.121. The molecular formula is C24H17F3O2. The van der Waals surface area contributed by atoms with Gasteiger partial charge in [-0.15, -0.1) is 0 Å². The molecule has 0 aromatic heterocycles. The van der Waals surface area contributed by atoms with Crippen molar-refractivity contribution in [3.63, 3.8) is 0 Å². The van der Waals surface area contributed by atoms with Gasteiger partial charge in [-0.1, -0.05) is 49.4 Å². The fourth-order valence-corrected chi connectivity index (χ4v) is 3.99. The molecule has 1 aliphatic carbocycles. The third kappa shape index (κ3) is 3.08. The van der Waals surface area contributed by atoms with E-state index in [0.29, 0.717) is 11.1 Å². The fraction of sp³-hybridized carbons (Fsp3) is 0.125. The van der Waals surface area contributed by atoms with Gasteiger partial charge in [0, 0.05) is 17.2 Å².